The zero-order chi connectivity index (χ0) is 22.5. The third kappa shape index (κ3) is 5.43. The summed E-state index contributed by atoms with van der Waals surface area (Å²) in [5.41, 5.74) is 1.73. The van der Waals surface area contributed by atoms with Gasteiger partial charge in [-0.05, 0) is 53.5 Å². The Hall–Kier alpha value is -2.31. The quantitative estimate of drug-likeness (QED) is 0.396. The van der Waals surface area contributed by atoms with E-state index in [0.29, 0.717) is 0 Å². The predicted molar refractivity (Wildman–Crippen MR) is 122 cm³/mol. The molecule has 0 spiro atoms. The van der Waals surface area contributed by atoms with Crippen molar-refractivity contribution in [2.75, 3.05) is 21.3 Å². The van der Waals surface area contributed by atoms with Crippen LogP contribution in [0, 0.1) is 0 Å². The summed E-state index contributed by atoms with van der Waals surface area (Å²) in [5.74, 6) is 0.542. The highest BCUT2D eigenvalue weighted by molar-refractivity contribution is 6.74. The highest BCUT2D eigenvalue weighted by Gasteiger charge is 2.43. The Morgan fingerprint density at radius 3 is 1.60 bits per heavy atom. The lowest BCUT2D eigenvalue weighted by Crippen LogP contribution is -2.43. The van der Waals surface area contributed by atoms with Gasteiger partial charge >= 0.3 is 5.97 Å². The van der Waals surface area contributed by atoms with Crippen molar-refractivity contribution >= 4 is 14.3 Å². The van der Waals surface area contributed by atoms with E-state index >= 15 is 0 Å². The molecule has 0 aliphatic carbocycles. The lowest BCUT2D eigenvalue weighted by atomic mass is 9.89. The van der Waals surface area contributed by atoms with Gasteiger partial charge in [-0.1, -0.05) is 45.0 Å². The van der Waals surface area contributed by atoms with Gasteiger partial charge in [0.25, 0.3) is 0 Å². The van der Waals surface area contributed by atoms with E-state index < -0.39 is 20.3 Å². The number of carbonyl (C=O) groups excluding carboxylic acids is 1. The SMILES string of the molecule is COC(=O)[C@H](c1ccc(OC)cc1)[C@@H](O[Si](C)(C)C(C)(C)C)c1ccc(OC)cc1. The van der Waals surface area contributed by atoms with Crippen molar-refractivity contribution in [2.45, 2.75) is 50.9 Å². The third-order valence-corrected chi connectivity index (χ3v) is 10.4. The number of esters is 1. The van der Waals surface area contributed by atoms with Gasteiger partial charge in [0.05, 0.1) is 27.4 Å². The number of rotatable bonds is 8. The zero-order valence-electron chi connectivity index (χ0n) is 19.3. The van der Waals surface area contributed by atoms with Gasteiger partial charge in [0.15, 0.2) is 8.32 Å². The summed E-state index contributed by atoms with van der Waals surface area (Å²) in [6.45, 7) is 10.9. The maximum Gasteiger partial charge on any atom is 0.316 e. The van der Waals surface area contributed by atoms with Crippen LogP contribution in [0.1, 0.15) is 43.9 Å². The van der Waals surface area contributed by atoms with Crippen LogP contribution in [-0.4, -0.2) is 35.6 Å². The van der Waals surface area contributed by atoms with Crippen LogP contribution in [0.2, 0.25) is 18.1 Å². The highest BCUT2D eigenvalue weighted by Crippen LogP contribution is 2.44. The van der Waals surface area contributed by atoms with Gasteiger partial charge in [0.2, 0.25) is 0 Å². The Balaban J connectivity index is 2.59. The molecule has 164 valence electrons. The molecule has 0 N–H and O–H groups in total. The van der Waals surface area contributed by atoms with E-state index in [2.05, 4.69) is 33.9 Å². The van der Waals surface area contributed by atoms with Crippen molar-refractivity contribution in [3.05, 3.63) is 59.7 Å². The van der Waals surface area contributed by atoms with Crippen LogP contribution >= 0.6 is 0 Å². The second-order valence-corrected chi connectivity index (χ2v) is 13.6. The molecule has 0 aliphatic heterocycles. The molecule has 0 saturated carbocycles. The monoisotopic (exact) mass is 430 g/mol. The van der Waals surface area contributed by atoms with Crippen molar-refractivity contribution in [2.24, 2.45) is 0 Å². The first-order valence-electron chi connectivity index (χ1n) is 10.1. The van der Waals surface area contributed by atoms with Crippen LogP contribution in [0.15, 0.2) is 48.5 Å². The number of hydrogen-bond donors (Lipinski definition) is 0. The number of hydrogen-bond acceptors (Lipinski definition) is 5. The van der Waals surface area contributed by atoms with Gasteiger partial charge < -0.3 is 18.6 Å². The van der Waals surface area contributed by atoms with Gasteiger partial charge in [-0.25, -0.2) is 0 Å². The average Bonchev–Trinajstić information content (AvgIpc) is 2.72. The smallest absolute Gasteiger partial charge is 0.316 e. The summed E-state index contributed by atoms with van der Waals surface area (Å²) in [7, 11) is 2.46. The summed E-state index contributed by atoms with van der Waals surface area (Å²) in [5, 5.41) is -0.0156. The van der Waals surface area contributed by atoms with Crippen molar-refractivity contribution in [3.8, 4) is 11.5 Å². The fourth-order valence-electron chi connectivity index (χ4n) is 2.99. The minimum absolute atomic E-state index is 0.0156. The number of ether oxygens (including phenoxy) is 3. The van der Waals surface area contributed by atoms with E-state index in [1.807, 2.05) is 48.5 Å². The van der Waals surface area contributed by atoms with Crippen molar-refractivity contribution in [1.82, 2.24) is 0 Å². The normalized spacial score (nSPS) is 14.0. The molecule has 0 saturated heterocycles. The lowest BCUT2D eigenvalue weighted by Gasteiger charge is -2.41. The van der Waals surface area contributed by atoms with Crippen molar-refractivity contribution < 1.29 is 23.4 Å². The summed E-state index contributed by atoms with van der Waals surface area (Å²) in [4.78, 5) is 13.0. The summed E-state index contributed by atoms with van der Waals surface area (Å²) in [6, 6.07) is 15.2. The van der Waals surface area contributed by atoms with Gasteiger partial charge in [0, 0.05) is 0 Å². The number of benzene rings is 2. The Bertz CT molecular complexity index is 822. The first-order valence-corrected chi connectivity index (χ1v) is 13.0. The first kappa shape index (κ1) is 24.0. The maximum atomic E-state index is 13.0. The minimum atomic E-state index is -2.21. The van der Waals surface area contributed by atoms with Gasteiger partial charge in [-0.2, -0.15) is 0 Å². The van der Waals surface area contributed by atoms with Crippen LogP contribution in [0.4, 0.5) is 0 Å². The Kier molecular flexibility index (Phi) is 7.72. The molecular weight excluding hydrogens is 396 g/mol. The van der Waals surface area contributed by atoms with Crippen LogP contribution in [0.25, 0.3) is 0 Å². The molecule has 30 heavy (non-hydrogen) atoms. The zero-order valence-corrected chi connectivity index (χ0v) is 20.3. The molecule has 0 aliphatic rings. The van der Waals surface area contributed by atoms with Crippen LogP contribution in [0.3, 0.4) is 0 Å². The maximum absolute atomic E-state index is 13.0. The minimum Gasteiger partial charge on any atom is -0.497 e. The summed E-state index contributed by atoms with van der Waals surface area (Å²) in [6.07, 6.45) is -0.488. The Morgan fingerprint density at radius 2 is 1.23 bits per heavy atom. The van der Waals surface area contributed by atoms with Gasteiger partial charge in [0.1, 0.15) is 17.4 Å². The molecular formula is C24H34O5Si. The fraction of sp³-hybridized carbons (Fsp3) is 0.458. The molecule has 0 aromatic heterocycles. The second kappa shape index (κ2) is 9.66. The van der Waals surface area contributed by atoms with Crippen LogP contribution in [0.5, 0.6) is 11.5 Å². The Labute approximate surface area is 181 Å². The molecule has 2 aromatic carbocycles. The third-order valence-electron chi connectivity index (χ3n) is 5.90. The fourth-order valence-corrected chi connectivity index (χ4v) is 4.25. The van der Waals surface area contributed by atoms with E-state index in [4.69, 9.17) is 18.6 Å². The summed E-state index contributed by atoms with van der Waals surface area (Å²) >= 11 is 0. The predicted octanol–water partition coefficient (Wildman–Crippen LogP) is 5.72. The Morgan fingerprint density at radius 1 is 0.800 bits per heavy atom. The molecule has 2 rings (SSSR count). The second-order valence-electron chi connectivity index (χ2n) is 8.85. The van der Waals surface area contributed by atoms with E-state index in [9.17, 15) is 4.79 Å². The van der Waals surface area contributed by atoms with E-state index in [1.165, 1.54) is 7.11 Å². The molecule has 0 fully saturated rings. The van der Waals surface area contributed by atoms with Crippen molar-refractivity contribution in [3.63, 3.8) is 0 Å². The van der Waals surface area contributed by atoms with E-state index in [1.54, 1.807) is 14.2 Å². The van der Waals surface area contributed by atoms with E-state index in [-0.39, 0.29) is 11.0 Å². The van der Waals surface area contributed by atoms with Crippen molar-refractivity contribution in [1.29, 1.82) is 0 Å². The molecule has 6 heteroatoms. The van der Waals surface area contributed by atoms with Crippen LogP contribution < -0.4 is 9.47 Å². The standard InChI is InChI=1S/C24H34O5Si/c1-24(2,3)30(7,8)29-22(18-11-15-20(27-5)16-12-18)21(23(25)28-6)17-9-13-19(26-4)14-10-17/h9-16,21-22H,1-8H3/t21-,22+/m1/s1. The highest BCUT2D eigenvalue weighted by atomic mass is 28.4. The molecule has 2 aromatic rings. The molecule has 0 radical (unpaired) electrons. The van der Waals surface area contributed by atoms with Crippen LogP contribution in [-0.2, 0) is 14.0 Å². The molecule has 0 unspecified atom stereocenters. The lowest BCUT2D eigenvalue weighted by molar-refractivity contribution is -0.145. The molecule has 0 bridgehead atoms. The summed E-state index contributed by atoms with van der Waals surface area (Å²) < 4.78 is 22.6. The number of methoxy groups -OCH3 is 3. The van der Waals surface area contributed by atoms with E-state index in [0.717, 1.165) is 22.6 Å². The van der Waals surface area contributed by atoms with Gasteiger partial charge in [-0.3, -0.25) is 4.79 Å². The van der Waals surface area contributed by atoms with Gasteiger partial charge in [-0.15, -0.1) is 0 Å². The molecule has 0 amide bonds. The largest absolute Gasteiger partial charge is 0.497 e. The molecule has 2 atom stereocenters. The molecule has 0 heterocycles. The first-order chi connectivity index (χ1) is 14.0. The molecule has 5 nitrogen and oxygen atoms in total. The topological polar surface area (TPSA) is 54.0 Å². The number of carbonyl (C=O) groups is 1. The average molecular weight is 431 g/mol.